The summed E-state index contributed by atoms with van der Waals surface area (Å²) in [6.45, 7) is 2.23. The molecule has 1 atom stereocenters. The van der Waals surface area contributed by atoms with Crippen LogP contribution >= 0.6 is 0 Å². The predicted molar refractivity (Wildman–Crippen MR) is 62.9 cm³/mol. The van der Waals surface area contributed by atoms with E-state index in [1.165, 1.54) is 19.2 Å². The van der Waals surface area contributed by atoms with Gasteiger partial charge in [-0.2, -0.15) is 0 Å². The molecule has 0 N–H and O–H groups in total. The van der Waals surface area contributed by atoms with Gasteiger partial charge in [-0.25, -0.2) is 4.39 Å². The first-order valence-electron chi connectivity index (χ1n) is 5.47. The number of ketones is 1. The average molecular weight is 240 g/mol. The van der Waals surface area contributed by atoms with Crippen molar-refractivity contribution < 1.29 is 18.7 Å². The third-order valence-corrected chi connectivity index (χ3v) is 2.64. The van der Waals surface area contributed by atoms with Gasteiger partial charge in [0.05, 0.1) is 12.7 Å². The summed E-state index contributed by atoms with van der Waals surface area (Å²) in [4.78, 5) is 12.1. The molecule has 1 rings (SSSR count). The molecule has 17 heavy (non-hydrogen) atoms. The smallest absolute Gasteiger partial charge is 0.172 e. The molecule has 1 unspecified atom stereocenters. The van der Waals surface area contributed by atoms with Crippen LogP contribution in [0.25, 0.3) is 0 Å². The number of carbonyl (C=O) groups is 1. The van der Waals surface area contributed by atoms with E-state index in [0.717, 1.165) is 0 Å². The first-order valence-corrected chi connectivity index (χ1v) is 5.47. The van der Waals surface area contributed by atoms with Gasteiger partial charge in [-0.3, -0.25) is 4.79 Å². The average Bonchev–Trinajstić information content (AvgIpc) is 2.34. The van der Waals surface area contributed by atoms with Crippen molar-refractivity contribution in [2.75, 3.05) is 20.8 Å². The number of halogens is 1. The van der Waals surface area contributed by atoms with Gasteiger partial charge in [-0.1, -0.05) is 13.0 Å². The van der Waals surface area contributed by atoms with Gasteiger partial charge >= 0.3 is 0 Å². The van der Waals surface area contributed by atoms with E-state index in [2.05, 4.69) is 0 Å². The Balaban J connectivity index is 2.95. The lowest BCUT2D eigenvalue weighted by molar-refractivity contribution is 0.0886. The second-order valence-corrected chi connectivity index (χ2v) is 3.86. The van der Waals surface area contributed by atoms with Crippen LogP contribution in [0, 0.1) is 11.7 Å². The van der Waals surface area contributed by atoms with Crippen molar-refractivity contribution in [3.63, 3.8) is 0 Å². The van der Waals surface area contributed by atoms with Crippen LogP contribution < -0.4 is 4.74 Å². The first kappa shape index (κ1) is 13.6. The van der Waals surface area contributed by atoms with Crippen LogP contribution in [0.5, 0.6) is 5.75 Å². The van der Waals surface area contributed by atoms with Crippen molar-refractivity contribution >= 4 is 5.78 Å². The summed E-state index contributed by atoms with van der Waals surface area (Å²) in [5.41, 5.74) is 0.0265. The maximum Gasteiger partial charge on any atom is 0.172 e. The Morgan fingerprint density at radius 2 is 2.12 bits per heavy atom. The van der Waals surface area contributed by atoms with Crippen molar-refractivity contribution in [2.45, 2.75) is 13.3 Å². The van der Waals surface area contributed by atoms with E-state index in [9.17, 15) is 9.18 Å². The van der Waals surface area contributed by atoms with Gasteiger partial charge in [0.25, 0.3) is 0 Å². The van der Waals surface area contributed by atoms with E-state index in [4.69, 9.17) is 9.47 Å². The number of methoxy groups -OCH3 is 2. The minimum Gasteiger partial charge on any atom is -0.496 e. The topological polar surface area (TPSA) is 35.5 Å². The molecule has 0 radical (unpaired) electrons. The fraction of sp³-hybridized carbons (Fsp3) is 0.462. The molecule has 0 aliphatic heterocycles. The molecule has 0 saturated heterocycles. The lowest BCUT2D eigenvalue weighted by Gasteiger charge is -2.13. The fourth-order valence-electron chi connectivity index (χ4n) is 1.59. The van der Waals surface area contributed by atoms with E-state index >= 15 is 0 Å². The lowest BCUT2D eigenvalue weighted by atomic mass is 9.95. The molecule has 0 aliphatic carbocycles. The lowest BCUT2D eigenvalue weighted by Crippen LogP contribution is -2.16. The number of ether oxygens (including phenoxy) is 2. The summed E-state index contributed by atoms with van der Waals surface area (Å²) in [5, 5.41) is 0. The summed E-state index contributed by atoms with van der Waals surface area (Å²) >= 11 is 0. The number of hydrogen-bond donors (Lipinski definition) is 0. The molecule has 0 fully saturated rings. The highest BCUT2D eigenvalue weighted by Crippen LogP contribution is 2.25. The second-order valence-electron chi connectivity index (χ2n) is 3.86. The fourth-order valence-corrected chi connectivity index (χ4v) is 1.59. The van der Waals surface area contributed by atoms with Crippen molar-refractivity contribution in [1.29, 1.82) is 0 Å². The first-order chi connectivity index (χ1) is 8.11. The molecule has 0 saturated carbocycles. The van der Waals surface area contributed by atoms with Crippen LogP contribution in [0.3, 0.4) is 0 Å². The molecule has 1 aromatic carbocycles. The monoisotopic (exact) mass is 240 g/mol. The zero-order chi connectivity index (χ0) is 12.8. The maximum absolute atomic E-state index is 13.6. The van der Waals surface area contributed by atoms with Crippen LogP contribution in [0.15, 0.2) is 18.2 Å². The van der Waals surface area contributed by atoms with Crippen molar-refractivity contribution in [2.24, 2.45) is 5.92 Å². The molecule has 0 heterocycles. The van der Waals surface area contributed by atoms with Crippen molar-refractivity contribution in [3.8, 4) is 5.75 Å². The van der Waals surface area contributed by atoms with Crippen LogP contribution in [-0.2, 0) is 4.74 Å². The zero-order valence-electron chi connectivity index (χ0n) is 10.3. The highest BCUT2D eigenvalue weighted by atomic mass is 19.1. The summed E-state index contributed by atoms with van der Waals surface area (Å²) in [5.74, 6) is -0.810. The molecule has 0 amide bonds. The molecule has 0 spiro atoms. The molecular formula is C13H17FO3. The molecule has 0 aromatic heterocycles. The van der Waals surface area contributed by atoms with Gasteiger partial charge in [0.1, 0.15) is 11.6 Å². The van der Waals surface area contributed by atoms with Crippen LogP contribution in [0.2, 0.25) is 0 Å². The number of Topliss-reactive ketones (excluding diaryl/α,β-unsaturated/α-hetero) is 1. The van der Waals surface area contributed by atoms with Gasteiger partial charge < -0.3 is 9.47 Å². The van der Waals surface area contributed by atoms with Crippen LogP contribution in [-0.4, -0.2) is 26.6 Å². The molecule has 3 nitrogen and oxygen atoms in total. The summed E-state index contributed by atoms with van der Waals surface area (Å²) in [6.07, 6.45) is 0.562. The van der Waals surface area contributed by atoms with Crippen molar-refractivity contribution in [1.82, 2.24) is 0 Å². The zero-order valence-corrected chi connectivity index (χ0v) is 10.3. The normalized spacial score (nSPS) is 12.2. The minimum absolute atomic E-state index is 0.0265. The van der Waals surface area contributed by atoms with E-state index in [1.54, 1.807) is 20.1 Å². The highest BCUT2D eigenvalue weighted by Gasteiger charge is 2.22. The van der Waals surface area contributed by atoms with E-state index in [0.29, 0.717) is 13.0 Å². The van der Waals surface area contributed by atoms with Gasteiger partial charge in [-0.05, 0) is 18.6 Å². The van der Waals surface area contributed by atoms with Gasteiger partial charge in [0, 0.05) is 19.6 Å². The third-order valence-electron chi connectivity index (χ3n) is 2.64. The molecule has 1 aromatic rings. The molecule has 0 aliphatic rings. The van der Waals surface area contributed by atoms with E-state index in [1.807, 2.05) is 0 Å². The summed E-state index contributed by atoms with van der Waals surface area (Å²) < 4.78 is 23.6. The number of hydrogen-bond acceptors (Lipinski definition) is 3. The minimum atomic E-state index is -0.543. The predicted octanol–water partition coefficient (Wildman–Crippen LogP) is 2.69. The highest BCUT2D eigenvalue weighted by molar-refractivity contribution is 6.00. The van der Waals surface area contributed by atoms with E-state index in [-0.39, 0.29) is 23.0 Å². The number of carbonyl (C=O) groups excluding carboxylic acids is 1. The number of benzene rings is 1. The second kappa shape index (κ2) is 6.35. The standard InChI is InChI=1S/C13H17FO3/c1-9(7-8-16-2)13(15)12-10(14)5-4-6-11(12)17-3/h4-6,9H,7-8H2,1-3H3. The number of rotatable bonds is 6. The SMILES string of the molecule is COCCC(C)C(=O)c1c(F)cccc1OC. The molecule has 94 valence electrons. The van der Waals surface area contributed by atoms with Gasteiger partial charge in [0.2, 0.25) is 0 Å². The molecule has 0 bridgehead atoms. The van der Waals surface area contributed by atoms with Gasteiger partial charge in [0.15, 0.2) is 5.78 Å². The largest absolute Gasteiger partial charge is 0.496 e. The Bertz CT molecular complexity index is 390. The Morgan fingerprint density at radius 3 is 2.71 bits per heavy atom. The van der Waals surface area contributed by atoms with Crippen molar-refractivity contribution in [3.05, 3.63) is 29.6 Å². The summed E-state index contributed by atoms with van der Waals surface area (Å²) in [6, 6.07) is 4.36. The quantitative estimate of drug-likeness (QED) is 0.717. The maximum atomic E-state index is 13.6. The Hall–Kier alpha value is -1.42. The molecule has 4 heteroatoms. The van der Waals surface area contributed by atoms with Crippen LogP contribution in [0.4, 0.5) is 4.39 Å². The Kier molecular flexibility index (Phi) is 5.10. The molecular weight excluding hydrogens is 223 g/mol. The third kappa shape index (κ3) is 3.27. The van der Waals surface area contributed by atoms with Crippen LogP contribution in [0.1, 0.15) is 23.7 Å². The van der Waals surface area contributed by atoms with E-state index < -0.39 is 5.82 Å². The van der Waals surface area contributed by atoms with Gasteiger partial charge in [-0.15, -0.1) is 0 Å². The Morgan fingerprint density at radius 1 is 1.41 bits per heavy atom. The Labute approximate surface area is 101 Å². The summed E-state index contributed by atoms with van der Waals surface area (Å²) in [7, 11) is 2.99.